The third-order valence-electron chi connectivity index (χ3n) is 5.56. The molecule has 1 saturated heterocycles. The second kappa shape index (κ2) is 11.5. The number of halogens is 3. The lowest BCUT2D eigenvalue weighted by atomic mass is 10.1. The van der Waals surface area contributed by atoms with Gasteiger partial charge in [-0.05, 0) is 72.7 Å². The van der Waals surface area contributed by atoms with Gasteiger partial charge < -0.3 is 14.4 Å². The highest BCUT2D eigenvalue weighted by atomic mass is 35.5. The largest absolute Gasteiger partial charge is 0.486 e. The summed E-state index contributed by atoms with van der Waals surface area (Å²) in [4.78, 5) is 28.3. The molecule has 1 heterocycles. The van der Waals surface area contributed by atoms with Gasteiger partial charge in [-0.2, -0.15) is 0 Å². The third-order valence-corrected chi connectivity index (χ3v) is 6.78. The van der Waals surface area contributed by atoms with E-state index in [4.69, 9.17) is 56.5 Å². The van der Waals surface area contributed by atoms with Crippen molar-refractivity contribution in [3.05, 3.63) is 98.1 Å². The molecule has 1 fully saturated rings. The third kappa shape index (κ3) is 6.08. The predicted octanol–water partition coefficient (Wildman–Crippen LogP) is 6.68. The SMILES string of the molecule is COC(=O)CN1C(=S)N(c2ccc(Cl)cc2)C(=O)/C1=C/c1cc(Cl)c(OCc2ccc(C)cc2)c(Cl)c1. The maximum Gasteiger partial charge on any atom is 0.325 e. The number of ether oxygens (including phenoxy) is 2. The zero-order chi connectivity index (χ0) is 26.7. The lowest BCUT2D eigenvalue weighted by Crippen LogP contribution is -2.35. The minimum atomic E-state index is -0.560. The number of carbonyl (C=O) groups excluding carboxylic acids is 2. The van der Waals surface area contributed by atoms with E-state index in [-0.39, 0.29) is 34.0 Å². The van der Waals surface area contributed by atoms with Crippen LogP contribution in [0.5, 0.6) is 5.75 Å². The fraction of sp³-hybridized carbons (Fsp3) is 0.148. The molecule has 0 aromatic heterocycles. The molecule has 0 N–H and O–H groups in total. The average Bonchev–Trinajstić information content (AvgIpc) is 3.09. The van der Waals surface area contributed by atoms with E-state index in [1.165, 1.54) is 16.9 Å². The van der Waals surface area contributed by atoms with Crippen LogP contribution in [0.25, 0.3) is 6.08 Å². The summed E-state index contributed by atoms with van der Waals surface area (Å²) in [7, 11) is 1.26. The number of carbonyl (C=O) groups is 2. The highest BCUT2D eigenvalue weighted by Gasteiger charge is 2.40. The van der Waals surface area contributed by atoms with E-state index in [0.717, 1.165) is 11.1 Å². The molecule has 0 bridgehead atoms. The number of amides is 1. The van der Waals surface area contributed by atoms with E-state index in [1.807, 2.05) is 31.2 Å². The number of esters is 1. The van der Waals surface area contributed by atoms with E-state index in [1.54, 1.807) is 42.5 Å². The summed E-state index contributed by atoms with van der Waals surface area (Å²) in [6, 6.07) is 17.8. The summed E-state index contributed by atoms with van der Waals surface area (Å²) in [5, 5.41) is 1.18. The first-order chi connectivity index (χ1) is 17.7. The first kappa shape index (κ1) is 26.9. The molecule has 0 radical (unpaired) electrons. The van der Waals surface area contributed by atoms with Crippen molar-refractivity contribution in [2.24, 2.45) is 0 Å². The Hall–Kier alpha value is -3.10. The van der Waals surface area contributed by atoms with E-state index in [9.17, 15) is 9.59 Å². The van der Waals surface area contributed by atoms with Crippen molar-refractivity contribution < 1.29 is 19.1 Å². The predicted molar refractivity (Wildman–Crippen MR) is 150 cm³/mol. The second-order valence-corrected chi connectivity index (χ2v) is 9.80. The van der Waals surface area contributed by atoms with Gasteiger partial charge in [0.15, 0.2) is 10.9 Å². The number of methoxy groups -OCH3 is 1. The number of rotatable bonds is 7. The van der Waals surface area contributed by atoms with Crippen LogP contribution in [0, 0.1) is 6.92 Å². The number of hydrogen-bond donors (Lipinski definition) is 0. The number of nitrogens with zero attached hydrogens (tertiary/aromatic N) is 2. The average molecular weight is 576 g/mol. The number of anilines is 1. The second-order valence-electron chi connectivity index (χ2n) is 8.18. The van der Waals surface area contributed by atoms with Crippen LogP contribution < -0.4 is 9.64 Å². The maximum atomic E-state index is 13.5. The number of thiocarbonyl (C=S) groups is 1. The van der Waals surface area contributed by atoms with Crippen molar-refractivity contribution in [2.75, 3.05) is 18.6 Å². The Balaban J connectivity index is 1.65. The molecule has 1 aliphatic heterocycles. The zero-order valence-electron chi connectivity index (χ0n) is 19.8. The minimum Gasteiger partial charge on any atom is -0.486 e. The van der Waals surface area contributed by atoms with Gasteiger partial charge in [0.25, 0.3) is 5.91 Å². The van der Waals surface area contributed by atoms with Crippen LogP contribution in [0.15, 0.2) is 66.4 Å². The van der Waals surface area contributed by atoms with Gasteiger partial charge in [-0.25, -0.2) is 0 Å². The molecular weight excluding hydrogens is 555 g/mol. The Labute approximate surface area is 234 Å². The highest BCUT2D eigenvalue weighted by molar-refractivity contribution is 7.80. The van der Waals surface area contributed by atoms with Crippen LogP contribution in [0.2, 0.25) is 15.1 Å². The Morgan fingerprint density at radius 2 is 1.62 bits per heavy atom. The molecule has 6 nitrogen and oxygen atoms in total. The molecule has 37 heavy (non-hydrogen) atoms. The van der Waals surface area contributed by atoms with Crippen molar-refractivity contribution >= 4 is 75.8 Å². The summed E-state index contributed by atoms with van der Waals surface area (Å²) < 4.78 is 10.7. The van der Waals surface area contributed by atoms with Gasteiger partial charge in [-0.1, -0.05) is 64.6 Å². The Morgan fingerprint density at radius 3 is 2.22 bits per heavy atom. The van der Waals surface area contributed by atoms with Crippen LogP contribution in [-0.4, -0.2) is 35.5 Å². The van der Waals surface area contributed by atoms with Gasteiger partial charge in [0, 0.05) is 5.02 Å². The van der Waals surface area contributed by atoms with Gasteiger partial charge in [0.2, 0.25) is 0 Å². The van der Waals surface area contributed by atoms with E-state index < -0.39 is 11.9 Å². The van der Waals surface area contributed by atoms with Gasteiger partial charge in [-0.3, -0.25) is 14.5 Å². The Kier molecular flexibility index (Phi) is 8.39. The smallest absolute Gasteiger partial charge is 0.325 e. The molecule has 0 aliphatic carbocycles. The van der Waals surface area contributed by atoms with Crippen LogP contribution in [0.1, 0.15) is 16.7 Å². The molecule has 0 saturated carbocycles. The summed E-state index contributed by atoms with van der Waals surface area (Å²) in [5.74, 6) is -0.661. The first-order valence-corrected chi connectivity index (χ1v) is 12.6. The highest BCUT2D eigenvalue weighted by Crippen LogP contribution is 2.37. The zero-order valence-corrected chi connectivity index (χ0v) is 22.9. The van der Waals surface area contributed by atoms with Crippen LogP contribution in [0.4, 0.5) is 5.69 Å². The minimum absolute atomic E-state index is 0.124. The quantitative estimate of drug-likeness (QED) is 0.178. The lowest BCUT2D eigenvalue weighted by Gasteiger charge is -2.19. The van der Waals surface area contributed by atoms with Gasteiger partial charge >= 0.3 is 5.97 Å². The van der Waals surface area contributed by atoms with E-state index >= 15 is 0 Å². The molecule has 10 heteroatoms. The first-order valence-electron chi connectivity index (χ1n) is 11.1. The molecule has 3 aromatic carbocycles. The van der Waals surface area contributed by atoms with E-state index in [0.29, 0.717) is 22.0 Å². The number of aryl methyl sites for hydroxylation is 1. The fourth-order valence-corrected chi connectivity index (χ4v) is 4.73. The molecule has 0 spiro atoms. The molecule has 3 aromatic rings. The molecule has 0 unspecified atom stereocenters. The topological polar surface area (TPSA) is 59.1 Å². The molecule has 1 amide bonds. The maximum absolute atomic E-state index is 13.5. The monoisotopic (exact) mass is 574 g/mol. The van der Waals surface area contributed by atoms with Gasteiger partial charge in [-0.15, -0.1) is 0 Å². The summed E-state index contributed by atoms with van der Waals surface area (Å²) >= 11 is 24.5. The summed E-state index contributed by atoms with van der Waals surface area (Å²) in [6.07, 6.45) is 1.56. The number of benzene rings is 3. The summed E-state index contributed by atoms with van der Waals surface area (Å²) in [5.41, 5.74) is 3.31. The van der Waals surface area contributed by atoms with Crippen molar-refractivity contribution in [1.29, 1.82) is 0 Å². The summed E-state index contributed by atoms with van der Waals surface area (Å²) in [6.45, 7) is 2.04. The van der Waals surface area contributed by atoms with Crippen molar-refractivity contribution in [3.63, 3.8) is 0 Å². The molecule has 0 atom stereocenters. The standard InChI is InChI=1S/C27H21Cl3N2O4S/c1-16-3-5-17(6-4-16)15-36-25-21(29)11-18(12-22(25)30)13-23-26(34)32(20-9-7-19(28)8-10-20)27(37)31(23)14-24(33)35-2/h3-13H,14-15H2,1-2H3/b23-13-. The lowest BCUT2D eigenvalue weighted by molar-refractivity contribution is -0.140. The van der Waals surface area contributed by atoms with Gasteiger partial charge in [0.05, 0.1) is 22.8 Å². The van der Waals surface area contributed by atoms with Crippen LogP contribution in [-0.2, 0) is 20.9 Å². The van der Waals surface area contributed by atoms with Crippen molar-refractivity contribution in [2.45, 2.75) is 13.5 Å². The Bertz CT molecular complexity index is 1370. The van der Waals surface area contributed by atoms with Crippen molar-refractivity contribution in [3.8, 4) is 5.75 Å². The molecular formula is C27H21Cl3N2O4S. The van der Waals surface area contributed by atoms with Gasteiger partial charge in [0.1, 0.15) is 18.8 Å². The molecule has 1 aliphatic rings. The van der Waals surface area contributed by atoms with Crippen LogP contribution in [0.3, 0.4) is 0 Å². The van der Waals surface area contributed by atoms with E-state index in [2.05, 4.69) is 0 Å². The fourth-order valence-electron chi connectivity index (χ4n) is 3.64. The van der Waals surface area contributed by atoms with Crippen LogP contribution >= 0.6 is 47.0 Å². The van der Waals surface area contributed by atoms with Crippen molar-refractivity contribution in [1.82, 2.24) is 4.90 Å². The normalized spacial score (nSPS) is 14.5. The number of hydrogen-bond acceptors (Lipinski definition) is 5. The Morgan fingerprint density at radius 1 is 1.00 bits per heavy atom. The molecule has 190 valence electrons. The molecule has 4 rings (SSSR count).